The Balaban J connectivity index is 0.00000145. The van der Waals surface area contributed by atoms with Gasteiger partial charge in [0, 0.05) is 45.0 Å². The van der Waals surface area contributed by atoms with Gasteiger partial charge in [0.15, 0.2) is 0 Å². The predicted octanol–water partition coefficient (Wildman–Crippen LogP) is 4.36. The van der Waals surface area contributed by atoms with Crippen LogP contribution in [0.25, 0.3) is 0 Å². The van der Waals surface area contributed by atoms with E-state index in [1.54, 1.807) is 6.07 Å². The number of anilines is 1. The summed E-state index contributed by atoms with van der Waals surface area (Å²) < 4.78 is 0. The fourth-order valence-electron chi connectivity index (χ4n) is 4.44. The molecule has 1 N–H and O–H groups in total. The van der Waals surface area contributed by atoms with Crippen LogP contribution >= 0.6 is 0 Å². The van der Waals surface area contributed by atoms with E-state index in [1.165, 1.54) is 0 Å². The van der Waals surface area contributed by atoms with Gasteiger partial charge in [-0.2, -0.15) is 5.26 Å². The van der Waals surface area contributed by atoms with Crippen LogP contribution in [0.1, 0.15) is 53.5 Å². The lowest BCUT2D eigenvalue weighted by Crippen LogP contribution is -2.71. The van der Waals surface area contributed by atoms with Crippen molar-refractivity contribution in [2.45, 2.75) is 66.7 Å². The monoisotopic (exact) mass is 484 g/mol. The Morgan fingerprint density at radius 3 is 2.43 bits per heavy atom. The SMILES string of the molecule is C=C1[C@H](C)N2C(=O)CN(CCC#N)N(C(=C)C)C2CN1Cc1ccc(O)c(N(C)C)c1.CC.CC. The highest BCUT2D eigenvalue weighted by molar-refractivity contribution is 5.80. The maximum absolute atomic E-state index is 13.0. The summed E-state index contributed by atoms with van der Waals surface area (Å²) in [6.45, 7) is 22.3. The van der Waals surface area contributed by atoms with Gasteiger partial charge in [-0.25, -0.2) is 5.01 Å². The number of piperazine rings is 1. The molecule has 1 amide bonds. The molecule has 1 aromatic rings. The normalized spacial score (nSPS) is 19.6. The van der Waals surface area contributed by atoms with Crippen molar-refractivity contribution in [3.05, 3.63) is 48.3 Å². The summed E-state index contributed by atoms with van der Waals surface area (Å²) in [6.07, 6.45) is 0.125. The molecule has 2 saturated heterocycles. The van der Waals surface area contributed by atoms with E-state index in [-0.39, 0.29) is 30.4 Å². The number of allylic oxidation sites excluding steroid dienone is 1. The number of hydrogen-bond donors (Lipinski definition) is 1. The Kier molecular flexibility index (Phi) is 11.6. The second-order valence-electron chi connectivity index (χ2n) is 8.42. The van der Waals surface area contributed by atoms with Crippen LogP contribution in [0.3, 0.4) is 0 Å². The largest absolute Gasteiger partial charge is 0.506 e. The molecule has 0 radical (unpaired) electrons. The zero-order valence-electron chi connectivity index (χ0n) is 22.9. The zero-order chi connectivity index (χ0) is 26.9. The number of nitrogens with zero attached hydrogens (tertiary/aromatic N) is 6. The van der Waals surface area contributed by atoms with E-state index in [1.807, 2.05) is 82.6 Å². The fourth-order valence-corrected chi connectivity index (χ4v) is 4.44. The zero-order valence-corrected chi connectivity index (χ0v) is 22.9. The van der Waals surface area contributed by atoms with Crippen LogP contribution in [0.15, 0.2) is 42.8 Å². The molecule has 0 aromatic heterocycles. The maximum atomic E-state index is 13.0. The molecule has 2 fully saturated rings. The number of rotatable bonds is 6. The minimum Gasteiger partial charge on any atom is -0.506 e. The first kappa shape index (κ1) is 29.9. The summed E-state index contributed by atoms with van der Waals surface area (Å²) in [7, 11) is 3.79. The van der Waals surface area contributed by atoms with E-state index in [2.05, 4.69) is 29.1 Å². The second kappa shape index (κ2) is 13.6. The minimum absolute atomic E-state index is 0.0354. The standard InChI is InChI=1S/C23H32N6O2.2C2H6/c1-16(2)29-22-14-26(13-19-8-9-21(30)20(12-19)25(5)6)17(3)18(4)28(22)23(31)15-27(29)11-7-10-24;2*1-2/h8-9,12,18,22,30H,1,3,7,11,13-15H2,2,4-6H3;2*1-2H3/t18-,22?;;/m0../s1. The molecule has 3 rings (SSSR count). The fraction of sp³-hybridized carbons (Fsp3) is 0.556. The summed E-state index contributed by atoms with van der Waals surface area (Å²) >= 11 is 0. The van der Waals surface area contributed by atoms with Crippen molar-refractivity contribution in [2.24, 2.45) is 0 Å². The third-order valence-corrected chi connectivity index (χ3v) is 5.97. The van der Waals surface area contributed by atoms with Gasteiger partial charge in [0.05, 0.1) is 30.9 Å². The van der Waals surface area contributed by atoms with E-state index in [9.17, 15) is 9.90 Å². The predicted molar refractivity (Wildman–Crippen MR) is 143 cm³/mol. The number of benzene rings is 1. The van der Waals surface area contributed by atoms with Gasteiger partial charge in [-0.3, -0.25) is 9.80 Å². The molecule has 194 valence electrons. The quantitative estimate of drug-likeness (QED) is 0.643. The van der Waals surface area contributed by atoms with Crippen LogP contribution in [0.4, 0.5) is 5.69 Å². The number of carbonyl (C=O) groups excluding carboxylic acids is 1. The Morgan fingerprint density at radius 2 is 1.89 bits per heavy atom. The summed E-state index contributed by atoms with van der Waals surface area (Å²) in [5.41, 5.74) is 3.53. The Labute approximate surface area is 212 Å². The summed E-state index contributed by atoms with van der Waals surface area (Å²) in [5, 5.41) is 23.1. The van der Waals surface area contributed by atoms with E-state index >= 15 is 0 Å². The second-order valence-corrected chi connectivity index (χ2v) is 8.42. The average Bonchev–Trinajstić information content (AvgIpc) is 2.83. The van der Waals surface area contributed by atoms with Crippen molar-refractivity contribution in [1.82, 2.24) is 19.8 Å². The first-order valence-corrected chi connectivity index (χ1v) is 12.5. The van der Waals surface area contributed by atoms with Gasteiger partial charge < -0.3 is 19.8 Å². The van der Waals surface area contributed by atoms with Crippen LogP contribution in [-0.4, -0.2) is 76.8 Å². The van der Waals surface area contributed by atoms with Crippen LogP contribution in [-0.2, 0) is 11.3 Å². The molecule has 0 bridgehead atoms. The molecule has 2 aliphatic rings. The molecule has 8 heteroatoms. The Morgan fingerprint density at radius 1 is 1.26 bits per heavy atom. The first-order chi connectivity index (χ1) is 16.6. The number of aromatic hydroxyl groups is 1. The number of phenolic OH excluding ortho intramolecular Hbond substituents is 1. The molecule has 2 aliphatic heterocycles. The van der Waals surface area contributed by atoms with Crippen molar-refractivity contribution in [2.75, 3.05) is 38.6 Å². The molecule has 1 unspecified atom stereocenters. The van der Waals surface area contributed by atoms with Gasteiger partial charge in [-0.05, 0) is 31.5 Å². The van der Waals surface area contributed by atoms with Gasteiger partial charge in [-0.1, -0.05) is 46.9 Å². The number of amides is 1. The van der Waals surface area contributed by atoms with Crippen molar-refractivity contribution >= 4 is 11.6 Å². The number of phenols is 1. The highest BCUT2D eigenvalue weighted by atomic mass is 16.3. The van der Waals surface area contributed by atoms with Crippen LogP contribution in [0.2, 0.25) is 0 Å². The topological polar surface area (TPSA) is 77.3 Å². The highest BCUT2D eigenvalue weighted by Crippen LogP contribution is 2.34. The van der Waals surface area contributed by atoms with E-state index in [0.29, 0.717) is 26.1 Å². The van der Waals surface area contributed by atoms with Gasteiger partial charge >= 0.3 is 0 Å². The molecule has 0 aliphatic carbocycles. The lowest BCUT2D eigenvalue weighted by atomic mass is 10.0. The molecule has 2 heterocycles. The van der Waals surface area contributed by atoms with Crippen molar-refractivity contribution in [3.8, 4) is 11.8 Å². The highest BCUT2D eigenvalue weighted by Gasteiger charge is 2.46. The molecule has 0 spiro atoms. The number of hydrogen-bond acceptors (Lipinski definition) is 7. The van der Waals surface area contributed by atoms with Crippen molar-refractivity contribution in [1.29, 1.82) is 5.26 Å². The smallest absolute Gasteiger partial charge is 0.240 e. The van der Waals surface area contributed by atoms with Crippen molar-refractivity contribution in [3.63, 3.8) is 0 Å². The summed E-state index contributed by atoms with van der Waals surface area (Å²) in [5.74, 6) is 0.276. The minimum atomic E-state index is -0.219. The first-order valence-electron chi connectivity index (χ1n) is 12.5. The molecular weight excluding hydrogens is 440 g/mol. The van der Waals surface area contributed by atoms with Gasteiger partial charge in [-0.15, -0.1) is 0 Å². The third kappa shape index (κ3) is 6.70. The lowest BCUT2D eigenvalue weighted by molar-refractivity contribution is -0.183. The summed E-state index contributed by atoms with van der Waals surface area (Å²) in [6, 6.07) is 7.60. The van der Waals surface area contributed by atoms with Crippen molar-refractivity contribution < 1.29 is 9.90 Å². The molecule has 0 saturated carbocycles. The number of nitriles is 1. The Bertz CT molecular complexity index is 923. The van der Waals surface area contributed by atoms with E-state index in [0.717, 1.165) is 22.6 Å². The third-order valence-electron chi connectivity index (χ3n) is 5.97. The van der Waals surface area contributed by atoms with Gasteiger partial charge in [0.25, 0.3) is 0 Å². The molecule has 35 heavy (non-hydrogen) atoms. The number of hydrazine groups is 1. The van der Waals surface area contributed by atoms with E-state index < -0.39 is 0 Å². The van der Waals surface area contributed by atoms with Crippen LogP contribution in [0.5, 0.6) is 5.75 Å². The van der Waals surface area contributed by atoms with Gasteiger partial charge in [0.1, 0.15) is 11.9 Å². The lowest BCUT2D eigenvalue weighted by Gasteiger charge is -2.57. The summed E-state index contributed by atoms with van der Waals surface area (Å²) in [4.78, 5) is 19.0. The van der Waals surface area contributed by atoms with E-state index in [4.69, 9.17) is 5.26 Å². The molecule has 2 atom stereocenters. The van der Waals surface area contributed by atoms with Crippen LogP contribution in [0, 0.1) is 11.3 Å². The van der Waals surface area contributed by atoms with Gasteiger partial charge in [0.2, 0.25) is 5.91 Å². The number of fused-ring (bicyclic) bond motifs is 1. The number of carbonyl (C=O) groups is 1. The molecular formula is C27H44N6O2. The molecule has 8 nitrogen and oxygen atoms in total. The average molecular weight is 485 g/mol. The maximum Gasteiger partial charge on any atom is 0.240 e. The van der Waals surface area contributed by atoms with Crippen LogP contribution < -0.4 is 4.90 Å². The molecule has 1 aromatic carbocycles. The Hall–Kier alpha value is -3.18.